The lowest BCUT2D eigenvalue weighted by molar-refractivity contribution is -0.122. The van der Waals surface area contributed by atoms with Gasteiger partial charge in [0.05, 0.1) is 5.69 Å². The van der Waals surface area contributed by atoms with Crippen molar-refractivity contribution in [3.05, 3.63) is 130 Å². The summed E-state index contributed by atoms with van der Waals surface area (Å²) in [6.07, 6.45) is 1.43. The lowest BCUT2D eigenvalue weighted by Gasteiger charge is -2.26. The maximum atomic E-state index is 13.4. The number of anilines is 1. The zero-order valence-electron chi connectivity index (χ0n) is 20.7. The number of nitrogens with one attached hydrogen (secondary N) is 1. The molecule has 194 valence electrons. The zero-order valence-corrected chi connectivity index (χ0v) is 21.4. The number of para-hydroxylation sites is 1. The first-order valence-electron chi connectivity index (χ1n) is 12.1. The van der Waals surface area contributed by atoms with E-state index < -0.39 is 17.8 Å². The molecule has 7 nitrogen and oxygen atoms in total. The Morgan fingerprint density at radius 3 is 2.21 bits per heavy atom. The first-order valence-corrected chi connectivity index (χ1v) is 12.5. The van der Waals surface area contributed by atoms with Crippen LogP contribution >= 0.6 is 11.6 Å². The summed E-state index contributed by atoms with van der Waals surface area (Å²) in [5.74, 6) is -0.497. The van der Waals surface area contributed by atoms with Crippen molar-refractivity contribution in [2.45, 2.75) is 13.2 Å². The van der Waals surface area contributed by atoms with E-state index in [2.05, 4.69) is 5.32 Å². The van der Waals surface area contributed by atoms with E-state index in [-0.39, 0.29) is 17.9 Å². The molecule has 4 aromatic rings. The molecule has 4 aromatic carbocycles. The molecule has 1 N–H and O–H groups in total. The Hall–Kier alpha value is -4.88. The van der Waals surface area contributed by atoms with Crippen LogP contribution in [0.3, 0.4) is 0 Å². The molecule has 0 spiro atoms. The number of nitrogens with zero attached hydrogens (tertiary/aromatic N) is 1. The van der Waals surface area contributed by atoms with Crippen LogP contribution in [-0.2, 0) is 22.8 Å². The van der Waals surface area contributed by atoms with E-state index >= 15 is 0 Å². The fourth-order valence-electron chi connectivity index (χ4n) is 3.98. The molecule has 0 unspecified atom stereocenters. The summed E-state index contributed by atoms with van der Waals surface area (Å²) in [5.41, 5.74) is 2.43. The van der Waals surface area contributed by atoms with Gasteiger partial charge in [0.15, 0.2) is 0 Å². The van der Waals surface area contributed by atoms with Gasteiger partial charge in [0.1, 0.15) is 30.3 Å². The molecule has 0 aliphatic carbocycles. The number of halogens is 1. The third-order valence-corrected chi connectivity index (χ3v) is 6.37. The van der Waals surface area contributed by atoms with Gasteiger partial charge in [-0.1, -0.05) is 78.3 Å². The Bertz CT molecular complexity index is 1550. The molecule has 0 saturated carbocycles. The van der Waals surface area contributed by atoms with Gasteiger partial charge < -0.3 is 9.47 Å². The van der Waals surface area contributed by atoms with Crippen LogP contribution in [0.4, 0.5) is 10.5 Å². The van der Waals surface area contributed by atoms with Crippen LogP contribution < -0.4 is 19.7 Å². The van der Waals surface area contributed by atoms with Gasteiger partial charge >= 0.3 is 6.03 Å². The third kappa shape index (κ3) is 6.00. The SMILES string of the molecule is O=C1NC(=O)N(c2ccc(OCc3ccccc3Cl)cc2)C(=O)/C1=C/c1ccccc1OCc1ccccc1. The van der Waals surface area contributed by atoms with E-state index in [1.807, 2.05) is 48.5 Å². The van der Waals surface area contributed by atoms with Crippen molar-refractivity contribution < 1.29 is 23.9 Å². The van der Waals surface area contributed by atoms with Crippen molar-refractivity contribution in [3.8, 4) is 11.5 Å². The van der Waals surface area contributed by atoms with Crippen molar-refractivity contribution in [3.63, 3.8) is 0 Å². The summed E-state index contributed by atoms with van der Waals surface area (Å²) in [5, 5.41) is 2.84. The molecule has 0 aromatic heterocycles. The molecular weight excluding hydrogens is 516 g/mol. The molecule has 0 radical (unpaired) electrons. The highest BCUT2D eigenvalue weighted by Gasteiger charge is 2.37. The van der Waals surface area contributed by atoms with Crippen LogP contribution in [0.15, 0.2) is 109 Å². The van der Waals surface area contributed by atoms with Crippen LogP contribution in [0.2, 0.25) is 5.02 Å². The van der Waals surface area contributed by atoms with Crippen molar-refractivity contribution in [1.82, 2.24) is 5.32 Å². The van der Waals surface area contributed by atoms with Gasteiger partial charge in [0.25, 0.3) is 11.8 Å². The normalized spacial score (nSPS) is 14.3. The summed E-state index contributed by atoms with van der Waals surface area (Å²) in [7, 11) is 0. The Morgan fingerprint density at radius 2 is 1.44 bits per heavy atom. The maximum absolute atomic E-state index is 13.4. The molecule has 1 fully saturated rings. The van der Waals surface area contributed by atoms with Crippen molar-refractivity contribution in [2.75, 3.05) is 4.90 Å². The number of carbonyl (C=O) groups is 3. The fourth-order valence-corrected chi connectivity index (χ4v) is 4.17. The molecule has 5 rings (SSSR count). The van der Waals surface area contributed by atoms with E-state index in [4.69, 9.17) is 21.1 Å². The minimum absolute atomic E-state index is 0.190. The maximum Gasteiger partial charge on any atom is 0.335 e. The minimum atomic E-state index is -0.833. The molecular formula is C31H23ClN2O5. The number of barbiturate groups is 1. The van der Waals surface area contributed by atoms with Gasteiger partial charge in [-0.25, -0.2) is 9.69 Å². The number of hydrogen-bond acceptors (Lipinski definition) is 5. The Kier molecular flexibility index (Phi) is 7.70. The number of carbonyl (C=O) groups excluding carboxylic acids is 3. The second kappa shape index (κ2) is 11.7. The summed E-state index contributed by atoms with van der Waals surface area (Å²) in [6.45, 7) is 0.575. The van der Waals surface area contributed by atoms with Gasteiger partial charge in [-0.2, -0.15) is 0 Å². The molecule has 1 aliphatic heterocycles. The lowest BCUT2D eigenvalue weighted by Crippen LogP contribution is -2.54. The lowest BCUT2D eigenvalue weighted by atomic mass is 10.1. The molecule has 39 heavy (non-hydrogen) atoms. The highest BCUT2D eigenvalue weighted by molar-refractivity contribution is 6.39. The van der Waals surface area contributed by atoms with E-state index in [1.54, 1.807) is 54.6 Å². The molecule has 1 aliphatic rings. The minimum Gasteiger partial charge on any atom is -0.489 e. The smallest absolute Gasteiger partial charge is 0.335 e. The largest absolute Gasteiger partial charge is 0.489 e. The predicted octanol–water partition coefficient (Wildman–Crippen LogP) is 6.16. The first-order chi connectivity index (χ1) is 19.0. The average Bonchev–Trinajstić information content (AvgIpc) is 2.95. The Morgan fingerprint density at radius 1 is 0.744 bits per heavy atom. The topological polar surface area (TPSA) is 84.9 Å². The Balaban J connectivity index is 1.34. The first kappa shape index (κ1) is 25.8. The van der Waals surface area contributed by atoms with Gasteiger partial charge in [0, 0.05) is 16.1 Å². The highest BCUT2D eigenvalue weighted by Crippen LogP contribution is 2.27. The summed E-state index contributed by atoms with van der Waals surface area (Å²) >= 11 is 6.18. The van der Waals surface area contributed by atoms with Gasteiger partial charge in [0.2, 0.25) is 0 Å². The zero-order chi connectivity index (χ0) is 27.2. The quantitative estimate of drug-likeness (QED) is 0.214. The number of hydrogen-bond donors (Lipinski definition) is 1. The summed E-state index contributed by atoms with van der Waals surface area (Å²) in [6, 6.07) is 29.6. The van der Waals surface area contributed by atoms with E-state index in [9.17, 15) is 14.4 Å². The highest BCUT2D eigenvalue weighted by atomic mass is 35.5. The van der Waals surface area contributed by atoms with Crippen molar-refractivity contribution in [2.24, 2.45) is 0 Å². The second-order valence-electron chi connectivity index (χ2n) is 8.64. The van der Waals surface area contributed by atoms with E-state index in [0.29, 0.717) is 28.7 Å². The Labute approximate surface area is 230 Å². The standard InChI is InChI=1S/C31H23ClN2O5/c32-27-12-6-4-11-23(27)20-38-25-16-14-24(15-17-25)34-30(36)26(29(35)33-31(34)37)18-22-10-5-7-13-28(22)39-19-21-8-2-1-3-9-21/h1-18H,19-20H2,(H,33,35,37)/b26-18+. The molecule has 0 bridgehead atoms. The molecule has 1 saturated heterocycles. The van der Waals surface area contributed by atoms with Crippen LogP contribution in [-0.4, -0.2) is 17.8 Å². The van der Waals surface area contributed by atoms with Gasteiger partial charge in [-0.05, 0) is 48.0 Å². The van der Waals surface area contributed by atoms with Gasteiger partial charge in [-0.15, -0.1) is 0 Å². The second-order valence-corrected chi connectivity index (χ2v) is 9.05. The summed E-state index contributed by atoms with van der Waals surface area (Å²) < 4.78 is 11.7. The summed E-state index contributed by atoms with van der Waals surface area (Å²) in [4.78, 5) is 39.6. The monoisotopic (exact) mass is 538 g/mol. The number of ether oxygens (including phenoxy) is 2. The number of urea groups is 1. The van der Waals surface area contributed by atoms with Crippen molar-refractivity contribution in [1.29, 1.82) is 0 Å². The van der Waals surface area contributed by atoms with Crippen LogP contribution in [0.1, 0.15) is 16.7 Å². The van der Waals surface area contributed by atoms with E-state index in [1.165, 1.54) is 6.08 Å². The number of rotatable bonds is 8. The number of imide groups is 2. The molecule has 0 atom stereocenters. The molecule has 8 heteroatoms. The predicted molar refractivity (Wildman–Crippen MR) is 148 cm³/mol. The molecule has 4 amide bonds. The van der Waals surface area contributed by atoms with Crippen LogP contribution in [0.25, 0.3) is 6.08 Å². The van der Waals surface area contributed by atoms with Gasteiger partial charge in [-0.3, -0.25) is 14.9 Å². The van der Waals surface area contributed by atoms with Crippen LogP contribution in [0.5, 0.6) is 11.5 Å². The van der Waals surface area contributed by atoms with E-state index in [0.717, 1.165) is 16.0 Å². The third-order valence-electron chi connectivity index (χ3n) is 6.00. The fraction of sp³-hybridized carbons (Fsp3) is 0.0645. The van der Waals surface area contributed by atoms with Crippen LogP contribution in [0, 0.1) is 0 Å². The number of benzene rings is 4. The van der Waals surface area contributed by atoms with Crippen molar-refractivity contribution >= 4 is 41.2 Å². The average molecular weight is 539 g/mol. The number of amides is 4. The molecule has 1 heterocycles.